The van der Waals surface area contributed by atoms with E-state index in [4.69, 9.17) is 0 Å². The molecule has 3 heterocycles. The minimum atomic E-state index is -0.586. The summed E-state index contributed by atoms with van der Waals surface area (Å²) in [5.41, 5.74) is 0.308. The first-order valence-electron chi connectivity index (χ1n) is 9.24. The number of aromatic nitrogens is 3. The zero-order valence-corrected chi connectivity index (χ0v) is 14.6. The van der Waals surface area contributed by atoms with Gasteiger partial charge in [0.1, 0.15) is 23.2 Å². The molecule has 8 heteroatoms. The highest BCUT2D eigenvalue weighted by molar-refractivity contribution is 5.63. The Hall–Kier alpha value is -2.51. The molecule has 2 aromatic rings. The van der Waals surface area contributed by atoms with Gasteiger partial charge in [-0.2, -0.15) is 0 Å². The highest BCUT2D eigenvalue weighted by Crippen LogP contribution is 2.35. The van der Waals surface area contributed by atoms with Gasteiger partial charge in [0.05, 0.1) is 11.0 Å². The third-order valence-electron chi connectivity index (χ3n) is 5.40. The van der Waals surface area contributed by atoms with Crippen LogP contribution in [0.3, 0.4) is 0 Å². The van der Waals surface area contributed by atoms with E-state index in [0.29, 0.717) is 12.2 Å². The average Bonchev–Trinajstić information content (AvgIpc) is 2.90. The highest BCUT2D eigenvalue weighted by Gasteiger charge is 2.30. The molecule has 0 aliphatic carbocycles. The third kappa shape index (κ3) is 3.15. The Labute approximate surface area is 151 Å². The molecule has 7 nitrogen and oxygen atoms in total. The molecule has 1 fully saturated rings. The number of benzene rings is 1. The molecule has 0 bridgehead atoms. The molecular formula is C18H22FN5O2. The lowest BCUT2D eigenvalue weighted by atomic mass is 9.96. The molecule has 0 spiro atoms. The molecule has 1 atom stereocenters. The van der Waals surface area contributed by atoms with Crippen LogP contribution in [0.4, 0.5) is 15.8 Å². The van der Waals surface area contributed by atoms with E-state index in [2.05, 4.69) is 14.8 Å². The molecule has 2 aliphatic rings. The maximum absolute atomic E-state index is 13.5. The van der Waals surface area contributed by atoms with Crippen LogP contribution in [0.25, 0.3) is 0 Å². The van der Waals surface area contributed by atoms with Crippen molar-refractivity contribution in [3.05, 3.63) is 45.8 Å². The summed E-state index contributed by atoms with van der Waals surface area (Å²) in [5.74, 6) is 1.66. The van der Waals surface area contributed by atoms with Gasteiger partial charge in [0.2, 0.25) is 0 Å². The summed E-state index contributed by atoms with van der Waals surface area (Å²) in [6.07, 6.45) is 6.37. The normalized spacial score (nSPS) is 20.5. The number of halogens is 1. The van der Waals surface area contributed by atoms with Crippen LogP contribution in [0, 0.1) is 15.9 Å². The number of fused-ring (bicyclic) bond motifs is 1. The fourth-order valence-electron chi connectivity index (χ4n) is 4.13. The molecule has 0 N–H and O–H groups in total. The Morgan fingerprint density at radius 1 is 1.15 bits per heavy atom. The number of aryl methyl sites for hydroxylation is 1. The predicted molar refractivity (Wildman–Crippen MR) is 94.8 cm³/mol. The summed E-state index contributed by atoms with van der Waals surface area (Å²) in [7, 11) is 0. The molecular weight excluding hydrogens is 337 g/mol. The summed E-state index contributed by atoms with van der Waals surface area (Å²) < 4.78 is 15.7. The van der Waals surface area contributed by atoms with Crippen LogP contribution in [-0.2, 0) is 13.0 Å². The van der Waals surface area contributed by atoms with Crippen molar-refractivity contribution in [1.29, 1.82) is 0 Å². The number of piperidine rings is 1. The average molecular weight is 359 g/mol. The molecule has 0 radical (unpaired) electrons. The number of hydrogen-bond acceptors (Lipinski definition) is 5. The fourth-order valence-corrected chi connectivity index (χ4v) is 4.13. The first kappa shape index (κ1) is 16.9. The van der Waals surface area contributed by atoms with Crippen molar-refractivity contribution in [2.24, 2.45) is 0 Å². The molecule has 1 saturated heterocycles. The number of rotatable bonds is 3. The Morgan fingerprint density at radius 3 is 2.88 bits per heavy atom. The lowest BCUT2D eigenvalue weighted by Crippen LogP contribution is -2.36. The number of nitro benzene ring substituents is 1. The summed E-state index contributed by atoms with van der Waals surface area (Å²) in [6, 6.07) is 3.80. The van der Waals surface area contributed by atoms with Gasteiger partial charge in [-0.05, 0) is 37.8 Å². The van der Waals surface area contributed by atoms with Crippen LogP contribution in [-0.4, -0.2) is 32.8 Å². The Bertz CT molecular complexity index is 822. The van der Waals surface area contributed by atoms with E-state index >= 15 is 0 Å². The van der Waals surface area contributed by atoms with Crippen molar-refractivity contribution in [1.82, 2.24) is 14.8 Å². The monoisotopic (exact) mass is 359 g/mol. The Morgan fingerprint density at radius 2 is 2.04 bits per heavy atom. The maximum Gasteiger partial charge on any atom is 0.295 e. The van der Waals surface area contributed by atoms with Gasteiger partial charge in [-0.3, -0.25) is 10.1 Å². The van der Waals surface area contributed by atoms with E-state index < -0.39 is 10.7 Å². The molecule has 138 valence electrons. The van der Waals surface area contributed by atoms with E-state index in [-0.39, 0.29) is 11.6 Å². The van der Waals surface area contributed by atoms with Crippen molar-refractivity contribution >= 4 is 11.4 Å². The second-order valence-electron chi connectivity index (χ2n) is 7.11. The summed E-state index contributed by atoms with van der Waals surface area (Å²) in [6.45, 7) is 2.32. The van der Waals surface area contributed by atoms with Crippen LogP contribution in [0.1, 0.15) is 49.7 Å². The molecule has 0 amide bonds. The van der Waals surface area contributed by atoms with Crippen LogP contribution in [0.2, 0.25) is 0 Å². The van der Waals surface area contributed by atoms with Gasteiger partial charge < -0.3 is 9.47 Å². The quantitative estimate of drug-likeness (QED) is 0.620. The zero-order chi connectivity index (χ0) is 18.1. The second kappa shape index (κ2) is 7.01. The maximum atomic E-state index is 13.5. The minimum Gasteiger partial charge on any atom is -0.365 e. The van der Waals surface area contributed by atoms with Crippen molar-refractivity contribution in [2.75, 3.05) is 18.0 Å². The first-order valence-corrected chi connectivity index (χ1v) is 9.24. The van der Waals surface area contributed by atoms with E-state index in [9.17, 15) is 14.5 Å². The molecule has 1 aromatic heterocycles. The van der Waals surface area contributed by atoms with E-state index in [1.807, 2.05) is 4.90 Å². The molecule has 0 saturated carbocycles. The van der Waals surface area contributed by atoms with Gasteiger partial charge in [0.25, 0.3) is 5.69 Å². The summed E-state index contributed by atoms with van der Waals surface area (Å²) >= 11 is 0. The Kier molecular flexibility index (Phi) is 4.57. The molecule has 2 aliphatic heterocycles. The van der Waals surface area contributed by atoms with Crippen molar-refractivity contribution in [3.8, 4) is 0 Å². The smallest absolute Gasteiger partial charge is 0.295 e. The summed E-state index contributed by atoms with van der Waals surface area (Å²) in [4.78, 5) is 12.8. The molecule has 4 rings (SSSR count). The third-order valence-corrected chi connectivity index (χ3v) is 5.40. The van der Waals surface area contributed by atoms with Gasteiger partial charge in [-0.1, -0.05) is 6.42 Å². The van der Waals surface area contributed by atoms with Crippen molar-refractivity contribution in [3.63, 3.8) is 0 Å². The van der Waals surface area contributed by atoms with Gasteiger partial charge in [0.15, 0.2) is 0 Å². The van der Waals surface area contributed by atoms with E-state index in [1.54, 1.807) is 0 Å². The van der Waals surface area contributed by atoms with Crippen LogP contribution >= 0.6 is 0 Å². The largest absolute Gasteiger partial charge is 0.365 e. The van der Waals surface area contributed by atoms with Gasteiger partial charge in [-0.25, -0.2) is 4.39 Å². The topological polar surface area (TPSA) is 77.1 Å². The number of hydrogen-bond donors (Lipinski definition) is 0. The Balaban J connectivity index is 1.61. The number of nitro groups is 1. The summed E-state index contributed by atoms with van der Waals surface area (Å²) in [5, 5.41) is 20.2. The van der Waals surface area contributed by atoms with E-state index in [1.165, 1.54) is 18.6 Å². The highest BCUT2D eigenvalue weighted by atomic mass is 19.1. The van der Waals surface area contributed by atoms with E-state index in [0.717, 1.165) is 62.9 Å². The lowest BCUT2D eigenvalue weighted by Gasteiger charge is -2.33. The number of nitrogens with zero attached hydrogens (tertiary/aromatic N) is 5. The number of anilines is 1. The SMILES string of the molecule is O=[N+]([O-])c1cc(F)ccc1N1CCC[C@H](c2nnc3n2CCCCC3)C1. The minimum absolute atomic E-state index is 0.175. The van der Waals surface area contributed by atoms with Gasteiger partial charge in [-0.15, -0.1) is 10.2 Å². The van der Waals surface area contributed by atoms with Crippen LogP contribution in [0.5, 0.6) is 0 Å². The van der Waals surface area contributed by atoms with Crippen LogP contribution < -0.4 is 4.90 Å². The standard InChI is InChI=1S/C18H22FN5O2/c19-14-7-8-15(16(11-14)24(25)26)22-9-4-5-13(12-22)18-21-20-17-6-2-1-3-10-23(17)18/h7-8,11,13H,1-6,9-10,12H2/t13-/m0/s1. The van der Waals surface area contributed by atoms with Crippen molar-refractivity contribution in [2.45, 2.75) is 51.0 Å². The zero-order valence-electron chi connectivity index (χ0n) is 14.6. The molecule has 1 aromatic carbocycles. The lowest BCUT2D eigenvalue weighted by molar-refractivity contribution is -0.384. The van der Waals surface area contributed by atoms with Crippen molar-refractivity contribution < 1.29 is 9.31 Å². The second-order valence-corrected chi connectivity index (χ2v) is 7.11. The van der Waals surface area contributed by atoms with Crippen LogP contribution in [0.15, 0.2) is 18.2 Å². The molecule has 26 heavy (non-hydrogen) atoms. The first-order chi connectivity index (χ1) is 12.6. The fraction of sp³-hybridized carbons (Fsp3) is 0.556. The van der Waals surface area contributed by atoms with Gasteiger partial charge >= 0.3 is 0 Å². The molecule has 0 unspecified atom stereocenters. The van der Waals surface area contributed by atoms with Gasteiger partial charge in [0, 0.05) is 32.0 Å². The predicted octanol–water partition coefficient (Wildman–Crippen LogP) is 3.44.